The van der Waals surface area contributed by atoms with Gasteiger partial charge in [-0.1, -0.05) is 0 Å². The van der Waals surface area contributed by atoms with Crippen LogP contribution in [0.15, 0.2) is 48.5 Å². The van der Waals surface area contributed by atoms with Crippen LogP contribution in [0, 0.1) is 0 Å². The SMILES string of the molecule is O=C(O)C(=O)O.O=C(O)C(=O)O.O=C(O)C(=O)O.Oc1ccc(O)cc1.Oc1ccc(O)cc1. The second kappa shape index (κ2) is 18.2. The number of phenolic OH excluding ortho intramolecular Hbond substituents is 4. The fraction of sp³-hybridized carbons (Fsp3) is 0. The normalized spacial score (nSPS) is 8.12. The fourth-order valence-corrected chi connectivity index (χ4v) is 0.905. The summed E-state index contributed by atoms with van der Waals surface area (Å²) in [5, 5.41) is 78.9. The van der Waals surface area contributed by atoms with Gasteiger partial charge in [0.25, 0.3) is 0 Å². The zero-order valence-corrected chi connectivity index (χ0v) is 16.5. The number of carboxylic acids is 6. The van der Waals surface area contributed by atoms with E-state index in [1.165, 1.54) is 48.5 Å². The van der Waals surface area contributed by atoms with Gasteiger partial charge in [-0.3, -0.25) is 0 Å². The summed E-state index contributed by atoms with van der Waals surface area (Å²) in [5.41, 5.74) is 0. The number of phenols is 4. The predicted molar refractivity (Wildman–Crippen MR) is 105 cm³/mol. The Morgan fingerprint density at radius 3 is 0.471 bits per heavy atom. The summed E-state index contributed by atoms with van der Waals surface area (Å²) >= 11 is 0. The van der Waals surface area contributed by atoms with Gasteiger partial charge in [-0.2, -0.15) is 0 Å². The van der Waals surface area contributed by atoms with E-state index in [1.807, 2.05) is 0 Å². The molecule has 0 atom stereocenters. The number of hydrogen-bond acceptors (Lipinski definition) is 10. The summed E-state index contributed by atoms with van der Waals surface area (Å²) in [7, 11) is 0. The van der Waals surface area contributed by atoms with Crippen LogP contribution in [0.25, 0.3) is 0 Å². The van der Waals surface area contributed by atoms with Gasteiger partial charge < -0.3 is 51.1 Å². The molecular formula is C18H18O16. The summed E-state index contributed by atoms with van der Waals surface area (Å²) in [6.45, 7) is 0. The van der Waals surface area contributed by atoms with Crippen LogP contribution < -0.4 is 0 Å². The van der Waals surface area contributed by atoms with Crippen molar-refractivity contribution in [3.8, 4) is 23.0 Å². The Kier molecular flexibility index (Phi) is 17.8. The fourth-order valence-electron chi connectivity index (χ4n) is 0.905. The van der Waals surface area contributed by atoms with Crippen LogP contribution in [-0.4, -0.2) is 86.9 Å². The Balaban J connectivity index is -0.000000357. The van der Waals surface area contributed by atoms with E-state index in [1.54, 1.807) is 0 Å². The Morgan fingerprint density at radius 2 is 0.412 bits per heavy atom. The van der Waals surface area contributed by atoms with E-state index in [-0.39, 0.29) is 23.0 Å². The number of benzene rings is 2. The first-order valence-electron chi connectivity index (χ1n) is 7.85. The monoisotopic (exact) mass is 490 g/mol. The second-order valence-electron chi connectivity index (χ2n) is 4.86. The molecule has 0 bridgehead atoms. The van der Waals surface area contributed by atoms with Gasteiger partial charge >= 0.3 is 35.8 Å². The minimum Gasteiger partial charge on any atom is -0.508 e. The molecule has 34 heavy (non-hydrogen) atoms. The minimum atomic E-state index is -1.82. The van der Waals surface area contributed by atoms with Gasteiger partial charge in [-0.05, 0) is 48.5 Å². The van der Waals surface area contributed by atoms with Crippen molar-refractivity contribution in [2.24, 2.45) is 0 Å². The third kappa shape index (κ3) is 24.5. The van der Waals surface area contributed by atoms with Gasteiger partial charge in [-0.25, -0.2) is 28.8 Å². The molecule has 16 nitrogen and oxygen atoms in total. The maximum atomic E-state index is 9.10. The molecule has 0 spiro atoms. The van der Waals surface area contributed by atoms with Crippen LogP contribution in [0.2, 0.25) is 0 Å². The molecule has 186 valence electrons. The molecule has 0 unspecified atom stereocenters. The first-order chi connectivity index (χ1) is 15.5. The molecule has 0 aliphatic carbocycles. The number of aromatic hydroxyl groups is 4. The van der Waals surface area contributed by atoms with Crippen molar-refractivity contribution in [3.63, 3.8) is 0 Å². The van der Waals surface area contributed by atoms with Crippen LogP contribution in [-0.2, 0) is 28.8 Å². The molecule has 2 rings (SSSR count). The Bertz CT molecular complexity index is 768. The molecule has 10 N–H and O–H groups in total. The van der Waals surface area contributed by atoms with Crippen LogP contribution in [0.4, 0.5) is 0 Å². The van der Waals surface area contributed by atoms with E-state index < -0.39 is 35.8 Å². The zero-order valence-electron chi connectivity index (χ0n) is 16.5. The lowest BCUT2D eigenvalue weighted by atomic mass is 10.3. The van der Waals surface area contributed by atoms with Gasteiger partial charge in [0.2, 0.25) is 0 Å². The highest BCUT2D eigenvalue weighted by Gasteiger charge is 2.05. The van der Waals surface area contributed by atoms with Gasteiger partial charge in [-0.15, -0.1) is 0 Å². The quantitative estimate of drug-likeness (QED) is 0.167. The summed E-state index contributed by atoms with van der Waals surface area (Å²) in [4.78, 5) is 54.6. The van der Waals surface area contributed by atoms with E-state index in [0.717, 1.165) is 0 Å². The molecule has 0 aromatic heterocycles. The number of aliphatic carboxylic acids is 6. The highest BCUT2D eigenvalue weighted by molar-refractivity contribution is 6.28. The Morgan fingerprint density at radius 1 is 0.324 bits per heavy atom. The van der Waals surface area contributed by atoms with E-state index >= 15 is 0 Å². The highest BCUT2D eigenvalue weighted by Crippen LogP contribution is 2.13. The van der Waals surface area contributed by atoms with Crippen molar-refractivity contribution in [2.75, 3.05) is 0 Å². The summed E-state index contributed by atoms with van der Waals surface area (Å²) in [5.74, 6) is -10.3. The van der Waals surface area contributed by atoms with Crippen LogP contribution in [0.1, 0.15) is 0 Å². The molecule has 0 amide bonds. The summed E-state index contributed by atoms with van der Waals surface area (Å²) < 4.78 is 0. The number of carboxylic acid groups (broad SMARTS) is 6. The van der Waals surface area contributed by atoms with Crippen molar-refractivity contribution >= 4 is 35.8 Å². The van der Waals surface area contributed by atoms with Gasteiger partial charge in [0.05, 0.1) is 0 Å². The average molecular weight is 490 g/mol. The smallest absolute Gasteiger partial charge is 0.414 e. The molecule has 0 saturated carbocycles. The minimum absolute atomic E-state index is 0.169. The standard InChI is InChI=1S/2C6H6O2.3C2H2O4/c2*7-5-1-2-6(8)4-3-5;3*3-1(4)2(5)6/h2*1-4,7-8H;3*(H,3,4)(H,5,6). The van der Waals surface area contributed by atoms with Crippen molar-refractivity contribution in [1.29, 1.82) is 0 Å². The first kappa shape index (κ1) is 33.1. The molecule has 0 heterocycles. The van der Waals surface area contributed by atoms with Gasteiger partial charge in [0, 0.05) is 0 Å². The van der Waals surface area contributed by atoms with Crippen LogP contribution in [0.5, 0.6) is 23.0 Å². The Hall–Kier alpha value is -5.54. The number of hydrogen-bond donors (Lipinski definition) is 10. The molecule has 0 aliphatic heterocycles. The zero-order chi connectivity index (χ0) is 27.4. The van der Waals surface area contributed by atoms with Crippen LogP contribution in [0.3, 0.4) is 0 Å². The maximum Gasteiger partial charge on any atom is 0.414 e. The number of carbonyl (C=O) groups is 6. The lowest BCUT2D eigenvalue weighted by Gasteiger charge is -1.88. The molecule has 16 heteroatoms. The third-order valence-corrected chi connectivity index (χ3v) is 2.25. The van der Waals surface area contributed by atoms with Crippen molar-refractivity contribution in [2.45, 2.75) is 0 Å². The molecule has 0 aliphatic rings. The Labute approximate surface area is 188 Å². The molecular weight excluding hydrogens is 472 g/mol. The van der Waals surface area contributed by atoms with Crippen molar-refractivity contribution in [3.05, 3.63) is 48.5 Å². The lowest BCUT2D eigenvalue weighted by molar-refractivity contribution is -0.159. The number of rotatable bonds is 0. The molecule has 0 fully saturated rings. The van der Waals surface area contributed by atoms with Crippen molar-refractivity contribution < 1.29 is 79.8 Å². The van der Waals surface area contributed by atoms with E-state index in [9.17, 15) is 0 Å². The molecule has 2 aromatic carbocycles. The maximum absolute atomic E-state index is 9.10. The van der Waals surface area contributed by atoms with Gasteiger partial charge in [0.1, 0.15) is 23.0 Å². The molecule has 0 radical (unpaired) electrons. The van der Waals surface area contributed by atoms with E-state index in [2.05, 4.69) is 0 Å². The van der Waals surface area contributed by atoms with Crippen LogP contribution >= 0.6 is 0 Å². The van der Waals surface area contributed by atoms with E-state index in [4.69, 9.17) is 79.8 Å². The van der Waals surface area contributed by atoms with Crippen molar-refractivity contribution in [1.82, 2.24) is 0 Å². The largest absolute Gasteiger partial charge is 0.508 e. The summed E-state index contributed by atoms with van der Waals surface area (Å²) in [6, 6.07) is 11.4. The lowest BCUT2D eigenvalue weighted by Crippen LogP contribution is -2.09. The second-order valence-corrected chi connectivity index (χ2v) is 4.86. The topological polar surface area (TPSA) is 305 Å². The third-order valence-electron chi connectivity index (χ3n) is 2.25. The highest BCUT2D eigenvalue weighted by atomic mass is 16.5. The first-order valence-corrected chi connectivity index (χ1v) is 7.85. The predicted octanol–water partition coefficient (Wildman–Crippen LogP) is -0.338. The average Bonchev–Trinajstić information content (AvgIpc) is 2.74. The molecule has 2 aromatic rings. The van der Waals surface area contributed by atoms with Gasteiger partial charge in [0.15, 0.2) is 0 Å². The van der Waals surface area contributed by atoms with E-state index in [0.29, 0.717) is 0 Å². The molecule has 0 saturated heterocycles. The summed E-state index contributed by atoms with van der Waals surface area (Å²) in [6.07, 6.45) is 0.